The molecule has 1 atom stereocenters. The highest BCUT2D eigenvalue weighted by Crippen LogP contribution is 2.13. The molecule has 0 saturated carbocycles. The van der Waals surface area contributed by atoms with Gasteiger partial charge in [-0.15, -0.1) is 11.8 Å². The maximum Gasteiger partial charge on any atom is 0.232 e. The number of rotatable bonds is 7. The van der Waals surface area contributed by atoms with E-state index in [-0.39, 0.29) is 29.2 Å². The molecule has 1 aromatic rings. The van der Waals surface area contributed by atoms with Crippen LogP contribution >= 0.6 is 23.4 Å². The lowest BCUT2D eigenvalue weighted by molar-refractivity contribution is -0.128. The Kier molecular flexibility index (Phi) is 7.05. The number of ketones is 1. The molecule has 1 rings (SSSR count). The number of hydrogen-bond donors (Lipinski definition) is 1. The van der Waals surface area contributed by atoms with E-state index in [1.54, 1.807) is 36.2 Å². The molecule has 1 amide bonds. The van der Waals surface area contributed by atoms with Crippen LogP contribution in [0.1, 0.15) is 17.3 Å². The number of nitrogens with two attached hydrogens (primary N) is 1. The van der Waals surface area contributed by atoms with Crippen LogP contribution in [0.2, 0.25) is 5.02 Å². The molecular formula is C14H19ClN2O2S. The molecule has 2 N–H and O–H groups in total. The van der Waals surface area contributed by atoms with Gasteiger partial charge in [0.1, 0.15) is 0 Å². The lowest BCUT2D eigenvalue weighted by Crippen LogP contribution is -2.40. The standard InChI is InChI=1S/C14H19ClN2O2S/c1-10(7-16)17(2)14(19)9-20-8-13(18)11-3-5-12(15)6-4-11/h3-6,10H,7-9,16H2,1-2H3. The molecule has 1 unspecified atom stereocenters. The summed E-state index contributed by atoms with van der Waals surface area (Å²) in [6.07, 6.45) is 0. The average Bonchev–Trinajstić information content (AvgIpc) is 2.45. The van der Waals surface area contributed by atoms with Gasteiger partial charge in [-0.25, -0.2) is 0 Å². The molecule has 110 valence electrons. The van der Waals surface area contributed by atoms with Gasteiger partial charge in [-0.2, -0.15) is 0 Å². The maximum atomic E-state index is 11.9. The van der Waals surface area contributed by atoms with Crippen LogP contribution in [0.25, 0.3) is 0 Å². The molecule has 0 spiro atoms. The van der Waals surface area contributed by atoms with Gasteiger partial charge in [-0.1, -0.05) is 11.6 Å². The molecule has 0 aromatic heterocycles. The Balaban J connectivity index is 2.39. The van der Waals surface area contributed by atoms with Crippen LogP contribution in [-0.4, -0.2) is 47.7 Å². The Morgan fingerprint density at radius 3 is 2.45 bits per heavy atom. The Labute approximate surface area is 128 Å². The Bertz CT molecular complexity index is 465. The first-order valence-electron chi connectivity index (χ1n) is 6.28. The summed E-state index contributed by atoms with van der Waals surface area (Å²) in [5.41, 5.74) is 6.12. The zero-order chi connectivity index (χ0) is 15.1. The van der Waals surface area contributed by atoms with E-state index in [1.807, 2.05) is 6.92 Å². The number of nitrogens with zero attached hydrogens (tertiary/aromatic N) is 1. The monoisotopic (exact) mass is 314 g/mol. The highest BCUT2D eigenvalue weighted by Gasteiger charge is 2.15. The van der Waals surface area contributed by atoms with Crippen molar-refractivity contribution < 1.29 is 9.59 Å². The van der Waals surface area contributed by atoms with E-state index in [2.05, 4.69) is 0 Å². The summed E-state index contributed by atoms with van der Waals surface area (Å²) < 4.78 is 0. The van der Waals surface area contributed by atoms with Crippen molar-refractivity contribution in [1.29, 1.82) is 0 Å². The topological polar surface area (TPSA) is 63.4 Å². The van der Waals surface area contributed by atoms with E-state index in [0.717, 1.165) is 0 Å². The van der Waals surface area contributed by atoms with Crippen molar-refractivity contribution in [1.82, 2.24) is 4.90 Å². The quantitative estimate of drug-likeness (QED) is 0.783. The van der Waals surface area contributed by atoms with Crippen LogP contribution in [0.4, 0.5) is 0 Å². The minimum Gasteiger partial charge on any atom is -0.341 e. The number of carbonyl (C=O) groups is 2. The summed E-state index contributed by atoms with van der Waals surface area (Å²) in [6.45, 7) is 2.32. The number of carbonyl (C=O) groups excluding carboxylic acids is 2. The molecule has 0 saturated heterocycles. The van der Waals surface area contributed by atoms with Gasteiger partial charge < -0.3 is 10.6 Å². The summed E-state index contributed by atoms with van der Waals surface area (Å²) in [7, 11) is 1.72. The molecule has 4 nitrogen and oxygen atoms in total. The van der Waals surface area contributed by atoms with Crippen molar-refractivity contribution in [2.75, 3.05) is 25.1 Å². The number of hydrogen-bond acceptors (Lipinski definition) is 4. The molecular weight excluding hydrogens is 296 g/mol. The van der Waals surface area contributed by atoms with Crippen molar-refractivity contribution in [2.24, 2.45) is 5.73 Å². The minimum absolute atomic E-state index is 0.00556. The van der Waals surface area contributed by atoms with E-state index in [0.29, 0.717) is 17.1 Å². The van der Waals surface area contributed by atoms with Gasteiger partial charge in [-0.05, 0) is 31.2 Å². The third-order valence-corrected chi connectivity index (χ3v) is 4.19. The second-order valence-electron chi connectivity index (χ2n) is 4.51. The summed E-state index contributed by atoms with van der Waals surface area (Å²) in [5, 5.41) is 0.599. The highest BCUT2D eigenvalue weighted by atomic mass is 35.5. The molecule has 0 bridgehead atoms. The van der Waals surface area contributed by atoms with Gasteiger partial charge in [-0.3, -0.25) is 9.59 Å². The van der Waals surface area contributed by atoms with Gasteiger partial charge in [0.15, 0.2) is 5.78 Å². The molecule has 20 heavy (non-hydrogen) atoms. The first kappa shape index (κ1) is 17.0. The first-order valence-corrected chi connectivity index (χ1v) is 7.81. The van der Waals surface area contributed by atoms with Crippen molar-refractivity contribution in [3.63, 3.8) is 0 Å². The van der Waals surface area contributed by atoms with Gasteiger partial charge >= 0.3 is 0 Å². The van der Waals surface area contributed by atoms with E-state index >= 15 is 0 Å². The fraction of sp³-hybridized carbons (Fsp3) is 0.429. The first-order chi connectivity index (χ1) is 9.45. The normalized spacial score (nSPS) is 12.0. The SMILES string of the molecule is CC(CN)N(C)C(=O)CSCC(=O)c1ccc(Cl)cc1. The fourth-order valence-corrected chi connectivity index (χ4v) is 2.41. The zero-order valence-corrected chi connectivity index (χ0v) is 13.2. The van der Waals surface area contributed by atoms with E-state index in [1.165, 1.54) is 11.8 Å². The van der Waals surface area contributed by atoms with E-state index in [4.69, 9.17) is 17.3 Å². The van der Waals surface area contributed by atoms with Crippen LogP contribution in [0.5, 0.6) is 0 Å². The lowest BCUT2D eigenvalue weighted by atomic mass is 10.1. The van der Waals surface area contributed by atoms with Crippen molar-refractivity contribution in [3.05, 3.63) is 34.9 Å². The van der Waals surface area contributed by atoms with Crippen LogP contribution in [0, 0.1) is 0 Å². The third kappa shape index (κ3) is 5.15. The maximum absolute atomic E-state index is 11.9. The van der Waals surface area contributed by atoms with Crippen molar-refractivity contribution in [3.8, 4) is 0 Å². The lowest BCUT2D eigenvalue weighted by Gasteiger charge is -2.23. The van der Waals surface area contributed by atoms with Crippen LogP contribution in [0.3, 0.4) is 0 Å². The summed E-state index contributed by atoms with van der Waals surface area (Å²) in [4.78, 5) is 25.3. The molecule has 1 aromatic carbocycles. The predicted octanol–water partition coefficient (Wildman–Crippen LogP) is 2.06. The Morgan fingerprint density at radius 1 is 1.30 bits per heavy atom. The number of likely N-dealkylation sites (N-methyl/N-ethyl adjacent to an activating group) is 1. The van der Waals surface area contributed by atoms with Crippen molar-refractivity contribution >= 4 is 35.1 Å². The summed E-state index contributed by atoms with van der Waals surface area (Å²) >= 11 is 7.07. The molecule has 6 heteroatoms. The minimum atomic E-state index is -0.0168. The van der Waals surface area contributed by atoms with Gasteiger partial charge in [0, 0.05) is 30.2 Å². The zero-order valence-electron chi connectivity index (χ0n) is 11.6. The fourth-order valence-electron chi connectivity index (χ4n) is 1.46. The summed E-state index contributed by atoms with van der Waals surface area (Å²) in [5.74, 6) is 0.532. The highest BCUT2D eigenvalue weighted by molar-refractivity contribution is 8.00. The second kappa shape index (κ2) is 8.29. The number of halogens is 1. The Morgan fingerprint density at radius 2 is 1.90 bits per heavy atom. The molecule has 0 aliphatic heterocycles. The van der Waals surface area contributed by atoms with Crippen LogP contribution in [-0.2, 0) is 4.79 Å². The predicted molar refractivity (Wildman–Crippen MR) is 84.4 cm³/mol. The number of thioether (sulfide) groups is 1. The van der Waals surface area contributed by atoms with Gasteiger partial charge in [0.2, 0.25) is 5.91 Å². The van der Waals surface area contributed by atoms with Crippen LogP contribution in [0.15, 0.2) is 24.3 Å². The van der Waals surface area contributed by atoms with Gasteiger partial charge in [0.25, 0.3) is 0 Å². The summed E-state index contributed by atoms with van der Waals surface area (Å²) in [6, 6.07) is 6.75. The molecule has 0 radical (unpaired) electrons. The van der Waals surface area contributed by atoms with Gasteiger partial charge in [0.05, 0.1) is 11.5 Å². The van der Waals surface area contributed by atoms with Crippen LogP contribution < -0.4 is 5.73 Å². The molecule has 0 aliphatic carbocycles. The Hall–Kier alpha value is -1.04. The number of amides is 1. The molecule has 0 heterocycles. The van der Waals surface area contributed by atoms with E-state index < -0.39 is 0 Å². The molecule has 0 fully saturated rings. The number of Topliss-reactive ketones (excluding diaryl/α,β-unsaturated/α-hetero) is 1. The third-order valence-electron chi connectivity index (χ3n) is 3.02. The van der Waals surface area contributed by atoms with Crippen molar-refractivity contribution in [2.45, 2.75) is 13.0 Å². The number of benzene rings is 1. The average molecular weight is 315 g/mol. The van der Waals surface area contributed by atoms with E-state index in [9.17, 15) is 9.59 Å². The molecule has 0 aliphatic rings. The smallest absolute Gasteiger partial charge is 0.232 e. The largest absolute Gasteiger partial charge is 0.341 e. The second-order valence-corrected chi connectivity index (χ2v) is 5.93.